The second-order valence-electron chi connectivity index (χ2n) is 4.16. The maximum atomic E-state index is 6.17. The predicted molar refractivity (Wildman–Crippen MR) is 92.5 cm³/mol. The van der Waals surface area contributed by atoms with Crippen molar-refractivity contribution in [1.82, 2.24) is 0 Å². The molecule has 1 unspecified atom stereocenters. The number of alkyl halides is 1. The molecule has 0 aromatic heterocycles. The molecule has 2 rings (SSSR count). The van der Waals surface area contributed by atoms with Crippen molar-refractivity contribution < 1.29 is 4.74 Å². The highest BCUT2D eigenvalue weighted by atomic mass is 127. The van der Waals surface area contributed by atoms with E-state index in [0.29, 0.717) is 0 Å². The van der Waals surface area contributed by atoms with Crippen molar-refractivity contribution in [3.8, 4) is 5.75 Å². The van der Waals surface area contributed by atoms with E-state index in [1.807, 2.05) is 30.3 Å². The van der Waals surface area contributed by atoms with Crippen molar-refractivity contribution in [3.05, 3.63) is 62.2 Å². The van der Waals surface area contributed by atoms with Gasteiger partial charge in [0.05, 0.1) is 12.1 Å². The first-order chi connectivity index (χ1) is 9.11. The lowest BCUT2D eigenvalue weighted by Crippen LogP contribution is -1.98. The normalized spacial score (nSPS) is 12.2. The van der Waals surface area contributed by atoms with Gasteiger partial charge in [-0.1, -0.05) is 51.8 Å². The molecule has 100 valence electrons. The summed E-state index contributed by atoms with van der Waals surface area (Å²) < 4.78 is 6.45. The molecule has 0 radical (unpaired) electrons. The lowest BCUT2D eigenvalue weighted by molar-refractivity contribution is 0.409. The van der Waals surface area contributed by atoms with Crippen molar-refractivity contribution in [2.45, 2.75) is 11.2 Å². The fraction of sp³-hybridized carbons (Fsp3) is 0.200. The number of rotatable bonds is 4. The molecular weight excluding hydrogens is 438 g/mol. The molecule has 19 heavy (non-hydrogen) atoms. The molecular formula is C15H13BrClIO. The number of para-hydroxylation sites is 1. The molecule has 2 aromatic carbocycles. The van der Waals surface area contributed by atoms with E-state index in [4.69, 9.17) is 16.3 Å². The Hall–Kier alpha value is -0.260. The summed E-state index contributed by atoms with van der Waals surface area (Å²) in [6.45, 7) is 0. The minimum absolute atomic E-state index is 0.221. The number of hydrogen-bond acceptors (Lipinski definition) is 1. The minimum Gasteiger partial charge on any atom is -0.496 e. The minimum atomic E-state index is 0.221. The van der Waals surface area contributed by atoms with E-state index in [1.165, 1.54) is 11.1 Å². The lowest BCUT2D eigenvalue weighted by Gasteiger charge is -2.14. The highest BCUT2D eigenvalue weighted by Crippen LogP contribution is 2.33. The molecule has 4 heteroatoms. The molecule has 0 aliphatic heterocycles. The van der Waals surface area contributed by atoms with Crippen LogP contribution in [0.3, 0.4) is 0 Å². The van der Waals surface area contributed by atoms with Crippen molar-refractivity contribution in [2.24, 2.45) is 0 Å². The standard InChI is InChI=1S/C15H13BrClIO/c1-19-15-5-3-2-4-11(15)8-12(16)10-6-7-14(18)13(17)9-10/h2-7,9,12H,8H2,1H3. The van der Waals surface area contributed by atoms with Crippen LogP contribution >= 0.6 is 50.1 Å². The molecule has 0 fully saturated rings. The molecule has 2 aromatic rings. The van der Waals surface area contributed by atoms with Gasteiger partial charge in [-0.15, -0.1) is 0 Å². The average Bonchev–Trinajstić information content (AvgIpc) is 2.42. The Morgan fingerprint density at radius 3 is 2.68 bits per heavy atom. The zero-order valence-electron chi connectivity index (χ0n) is 10.4. The van der Waals surface area contributed by atoms with Gasteiger partial charge in [-0.2, -0.15) is 0 Å². The zero-order chi connectivity index (χ0) is 13.8. The van der Waals surface area contributed by atoms with E-state index in [9.17, 15) is 0 Å². The lowest BCUT2D eigenvalue weighted by atomic mass is 10.0. The monoisotopic (exact) mass is 450 g/mol. The third-order valence-corrected chi connectivity index (χ3v) is 5.32. The van der Waals surface area contributed by atoms with Gasteiger partial charge in [0.25, 0.3) is 0 Å². The van der Waals surface area contributed by atoms with E-state index in [0.717, 1.165) is 20.8 Å². The first kappa shape index (κ1) is 15.1. The Balaban J connectivity index is 2.20. The van der Waals surface area contributed by atoms with Gasteiger partial charge in [0.1, 0.15) is 5.75 Å². The summed E-state index contributed by atoms with van der Waals surface area (Å²) in [6.07, 6.45) is 0.862. The summed E-state index contributed by atoms with van der Waals surface area (Å²) in [6, 6.07) is 14.2. The smallest absolute Gasteiger partial charge is 0.122 e. The summed E-state index contributed by atoms with van der Waals surface area (Å²) in [5, 5.41) is 0.794. The third kappa shape index (κ3) is 3.86. The van der Waals surface area contributed by atoms with Crippen molar-refractivity contribution in [1.29, 1.82) is 0 Å². The van der Waals surface area contributed by atoms with Crippen LogP contribution in [0.4, 0.5) is 0 Å². The fourth-order valence-electron chi connectivity index (χ4n) is 1.89. The average molecular weight is 452 g/mol. The Morgan fingerprint density at radius 2 is 2.00 bits per heavy atom. The summed E-state index contributed by atoms with van der Waals surface area (Å²) in [5.41, 5.74) is 2.36. The van der Waals surface area contributed by atoms with E-state index >= 15 is 0 Å². The predicted octanol–water partition coefficient (Wildman–Crippen LogP) is 5.63. The molecule has 0 saturated carbocycles. The molecule has 0 aliphatic rings. The first-order valence-corrected chi connectivity index (χ1v) is 8.20. The molecule has 0 heterocycles. The zero-order valence-corrected chi connectivity index (χ0v) is 14.9. The van der Waals surface area contributed by atoms with Gasteiger partial charge in [0.2, 0.25) is 0 Å². The van der Waals surface area contributed by atoms with E-state index in [2.05, 4.69) is 50.7 Å². The molecule has 0 bridgehead atoms. The van der Waals surface area contributed by atoms with Crippen LogP contribution in [0.15, 0.2) is 42.5 Å². The Kier molecular flexibility index (Phi) is 5.54. The van der Waals surface area contributed by atoms with Gasteiger partial charge in [-0.05, 0) is 58.3 Å². The second kappa shape index (κ2) is 6.95. The highest BCUT2D eigenvalue weighted by molar-refractivity contribution is 14.1. The van der Waals surface area contributed by atoms with Gasteiger partial charge in [0, 0.05) is 8.40 Å². The van der Waals surface area contributed by atoms with Crippen LogP contribution in [0.5, 0.6) is 5.75 Å². The number of methoxy groups -OCH3 is 1. The van der Waals surface area contributed by atoms with Crippen molar-refractivity contribution in [3.63, 3.8) is 0 Å². The molecule has 0 aliphatic carbocycles. The number of benzene rings is 2. The second-order valence-corrected chi connectivity index (χ2v) is 6.83. The Labute approximate surface area is 140 Å². The van der Waals surface area contributed by atoms with Gasteiger partial charge >= 0.3 is 0 Å². The summed E-state index contributed by atoms with van der Waals surface area (Å²) in [7, 11) is 1.70. The van der Waals surface area contributed by atoms with Crippen LogP contribution < -0.4 is 4.74 Å². The first-order valence-electron chi connectivity index (χ1n) is 5.82. The molecule has 0 saturated heterocycles. The highest BCUT2D eigenvalue weighted by Gasteiger charge is 2.12. The molecule has 1 nitrogen and oxygen atoms in total. The van der Waals surface area contributed by atoms with Crippen LogP contribution in [0.1, 0.15) is 16.0 Å². The van der Waals surface area contributed by atoms with Crippen LogP contribution in [0.2, 0.25) is 5.02 Å². The Morgan fingerprint density at radius 1 is 1.26 bits per heavy atom. The molecule has 1 atom stereocenters. The topological polar surface area (TPSA) is 9.23 Å². The molecule has 0 amide bonds. The Bertz CT molecular complexity index is 574. The number of hydrogen-bond donors (Lipinski definition) is 0. The SMILES string of the molecule is COc1ccccc1CC(Br)c1ccc(I)c(Cl)c1. The fourth-order valence-corrected chi connectivity index (χ4v) is 3.05. The summed E-state index contributed by atoms with van der Waals surface area (Å²) in [5.74, 6) is 0.920. The van der Waals surface area contributed by atoms with Gasteiger partial charge in [-0.3, -0.25) is 0 Å². The third-order valence-electron chi connectivity index (χ3n) is 2.90. The quantitative estimate of drug-likeness (QED) is 0.432. The number of halogens is 3. The summed E-state index contributed by atoms with van der Waals surface area (Å²) in [4.78, 5) is 0.221. The molecule has 0 N–H and O–H groups in total. The van der Waals surface area contributed by atoms with Crippen LogP contribution in [-0.2, 0) is 6.42 Å². The van der Waals surface area contributed by atoms with Gasteiger partial charge < -0.3 is 4.74 Å². The van der Waals surface area contributed by atoms with Gasteiger partial charge in [0.15, 0.2) is 0 Å². The van der Waals surface area contributed by atoms with E-state index < -0.39 is 0 Å². The molecule has 0 spiro atoms. The van der Waals surface area contributed by atoms with Crippen molar-refractivity contribution >= 4 is 50.1 Å². The largest absolute Gasteiger partial charge is 0.496 e. The van der Waals surface area contributed by atoms with Crippen LogP contribution in [-0.4, -0.2) is 7.11 Å². The van der Waals surface area contributed by atoms with Gasteiger partial charge in [-0.25, -0.2) is 0 Å². The maximum Gasteiger partial charge on any atom is 0.122 e. The van der Waals surface area contributed by atoms with E-state index in [1.54, 1.807) is 7.11 Å². The maximum absolute atomic E-state index is 6.17. The van der Waals surface area contributed by atoms with Crippen LogP contribution in [0.25, 0.3) is 0 Å². The number of ether oxygens (including phenoxy) is 1. The summed E-state index contributed by atoms with van der Waals surface area (Å²) >= 11 is 12.1. The van der Waals surface area contributed by atoms with Crippen LogP contribution in [0, 0.1) is 3.57 Å². The van der Waals surface area contributed by atoms with Crippen molar-refractivity contribution in [2.75, 3.05) is 7.11 Å². The van der Waals surface area contributed by atoms with E-state index in [-0.39, 0.29) is 4.83 Å².